The molecule has 2 heterocycles. The number of carbonyl (C=O) groups excluding carboxylic acids is 1. The number of aromatic nitrogens is 3. The maximum atomic E-state index is 12.1. The van der Waals surface area contributed by atoms with Crippen LogP contribution in [0.4, 0.5) is 23.0 Å². The Bertz CT molecular complexity index is 832. The molecule has 2 N–H and O–H groups in total. The van der Waals surface area contributed by atoms with Crippen LogP contribution in [-0.4, -0.2) is 35.2 Å². The number of nitrogens with zero attached hydrogens (tertiary/aromatic N) is 4. The normalized spacial score (nSPS) is 10.2. The zero-order valence-corrected chi connectivity index (χ0v) is 14.0. The SMILES string of the molecule is CN(C)c1ccc(Nc2ccc(C(=O)Nc3ccccc3)nn2)cn1. The van der Waals surface area contributed by atoms with Gasteiger partial charge < -0.3 is 15.5 Å². The van der Waals surface area contributed by atoms with Crippen molar-refractivity contribution in [1.29, 1.82) is 0 Å². The highest BCUT2D eigenvalue weighted by Crippen LogP contribution is 2.16. The molecule has 0 radical (unpaired) electrons. The highest BCUT2D eigenvalue weighted by atomic mass is 16.1. The van der Waals surface area contributed by atoms with E-state index in [0.717, 1.165) is 11.5 Å². The number of anilines is 4. The number of amides is 1. The van der Waals surface area contributed by atoms with Crippen LogP contribution in [0.25, 0.3) is 0 Å². The minimum Gasteiger partial charge on any atom is -0.363 e. The summed E-state index contributed by atoms with van der Waals surface area (Å²) in [5.74, 6) is 1.10. The highest BCUT2D eigenvalue weighted by Gasteiger charge is 2.08. The van der Waals surface area contributed by atoms with Gasteiger partial charge in [0.05, 0.1) is 11.9 Å². The summed E-state index contributed by atoms with van der Waals surface area (Å²) in [5.41, 5.74) is 1.75. The van der Waals surface area contributed by atoms with Crippen molar-refractivity contribution in [1.82, 2.24) is 15.2 Å². The van der Waals surface area contributed by atoms with Gasteiger partial charge in [0.1, 0.15) is 5.82 Å². The van der Waals surface area contributed by atoms with Gasteiger partial charge in [0.2, 0.25) is 0 Å². The Kier molecular flexibility index (Phi) is 4.84. The van der Waals surface area contributed by atoms with Crippen LogP contribution in [-0.2, 0) is 0 Å². The summed E-state index contributed by atoms with van der Waals surface area (Å²) in [6.07, 6.45) is 1.72. The maximum Gasteiger partial charge on any atom is 0.276 e. The van der Waals surface area contributed by atoms with Crippen LogP contribution in [0.3, 0.4) is 0 Å². The summed E-state index contributed by atoms with van der Waals surface area (Å²) in [6.45, 7) is 0. The largest absolute Gasteiger partial charge is 0.363 e. The van der Waals surface area contributed by atoms with Gasteiger partial charge in [0, 0.05) is 19.8 Å². The zero-order valence-electron chi connectivity index (χ0n) is 14.0. The first-order valence-corrected chi connectivity index (χ1v) is 7.72. The standard InChI is InChI=1S/C18H18N6O/c1-24(2)17-11-8-14(12-19-17)20-16-10-9-15(22-23-16)18(25)21-13-6-4-3-5-7-13/h3-12H,1-2H3,(H,20,23)(H,21,25). The van der Waals surface area contributed by atoms with Gasteiger partial charge in [0.15, 0.2) is 11.5 Å². The van der Waals surface area contributed by atoms with Gasteiger partial charge in [-0.15, -0.1) is 10.2 Å². The molecule has 0 saturated heterocycles. The number of pyridine rings is 1. The van der Waals surface area contributed by atoms with Crippen molar-refractivity contribution in [3.8, 4) is 0 Å². The second kappa shape index (κ2) is 7.39. The van der Waals surface area contributed by atoms with E-state index in [-0.39, 0.29) is 11.6 Å². The number of carbonyl (C=O) groups is 1. The van der Waals surface area contributed by atoms with Gasteiger partial charge in [-0.25, -0.2) is 4.98 Å². The molecule has 7 nitrogen and oxygen atoms in total. The second-order valence-corrected chi connectivity index (χ2v) is 5.55. The molecule has 0 spiro atoms. The van der Waals surface area contributed by atoms with Crippen molar-refractivity contribution in [2.75, 3.05) is 29.6 Å². The molecule has 1 aromatic carbocycles. The van der Waals surface area contributed by atoms with Crippen molar-refractivity contribution in [2.24, 2.45) is 0 Å². The van der Waals surface area contributed by atoms with E-state index in [1.165, 1.54) is 0 Å². The monoisotopic (exact) mass is 334 g/mol. The summed E-state index contributed by atoms with van der Waals surface area (Å²) in [5, 5.41) is 13.9. The number of rotatable bonds is 5. The van der Waals surface area contributed by atoms with Gasteiger partial charge in [-0.05, 0) is 36.4 Å². The molecule has 0 fully saturated rings. The Morgan fingerprint density at radius 1 is 0.920 bits per heavy atom. The van der Waals surface area contributed by atoms with Crippen molar-refractivity contribution in [2.45, 2.75) is 0 Å². The molecule has 7 heteroatoms. The van der Waals surface area contributed by atoms with Gasteiger partial charge in [-0.3, -0.25) is 4.79 Å². The Hall–Kier alpha value is -3.48. The molecular weight excluding hydrogens is 316 g/mol. The second-order valence-electron chi connectivity index (χ2n) is 5.55. The molecule has 25 heavy (non-hydrogen) atoms. The van der Waals surface area contributed by atoms with Crippen LogP contribution >= 0.6 is 0 Å². The lowest BCUT2D eigenvalue weighted by atomic mass is 10.3. The number of benzene rings is 1. The molecule has 1 amide bonds. The van der Waals surface area contributed by atoms with Gasteiger partial charge in [0.25, 0.3) is 5.91 Å². The molecule has 0 aliphatic carbocycles. The Balaban J connectivity index is 1.64. The number of hydrogen-bond acceptors (Lipinski definition) is 6. The first kappa shape index (κ1) is 16.4. The smallest absolute Gasteiger partial charge is 0.276 e. The molecule has 3 rings (SSSR count). The molecule has 2 aromatic heterocycles. The number of hydrogen-bond donors (Lipinski definition) is 2. The number of para-hydroxylation sites is 1. The number of nitrogens with one attached hydrogen (secondary N) is 2. The van der Waals surface area contributed by atoms with E-state index in [2.05, 4.69) is 25.8 Å². The van der Waals surface area contributed by atoms with Crippen molar-refractivity contribution in [3.05, 3.63) is 66.5 Å². The van der Waals surface area contributed by atoms with Gasteiger partial charge in [-0.2, -0.15) is 0 Å². The van der Waals surface area contributed by atoms with Crippen LogP contribution < -0.4 is 15.5 Å². The third-order valence-corrected chi connectivity index (χ3v) is 3.41. The predicted molar refractivity (Wildman–Crippen MR) is 98.3 cm³/mol. The average molecular weight is 334 g/mol. The lowest BCUT2D eigenvalue weighted by Crippen LogP contribution is -2.14. The summed E-state index contributed by atoms with van der Waals surface area (Å²) < 4.78 is 0. The fraction of sp³-hybridized carbons (Fsp3) is 0.111. The molecule has 3 aromatic rings. The average Bonchev–Trinajstić information content (AvgIpc) is 2.63. The molecule has 126 valence electrons. The zero-order chi connectivity index (χ0) is 17.6. The van der Waals surface area contributed by atoms with Crippen LogP contribution in [0.15, 0.2) is 60.8 Å². The first-order chi connectivity index (χ1) is 12.1. The summed E-state index contributed by atoms with van der Waals surface area (Å²) >= 11 is 0. The lowest BCUT2D eigenvalue weighted by molar-refractivity contribution is 0.102. The third kappa shape index (κ3) is 4.29. The van der Waals surface area contributed by atoms with Gasteiger partial charge in [-0.1, -0.05) is 18.2 Å². The molecule has 0 saturated carbocycles. The molecule has 0 unspecified atom stereocenters. The van der Waals surface area contributed by atoms with E-state index in [1.54, 1.807) is 18.3 Å². The van der Waals surface area contributed by atoms with E-state index in [9.17, 15) is 4.79 Å². The molecule has 0 aliphatic heterocycles. The summed E-state index contributed by atoms with van der Waals surface area (Å²) in [4.78, 5) is 18.4. The summed E-state index contributed by atoms with van der Waals surface area (Å²) in [6, 6.07) is 16.3. The van der Waals surface area contributed by atoms with Crippen molar-refractivity contribution >= 4 is 28.9 Å². The topological polar surface area (TPSA) is 83.0 Å². The molecule has 0 bridgehead atoms. The third-order valence-electron chi connectivity index (χ3n) is 3.41. The van der Waals surface area contributed by atoms with E-state index < -0.39 is 0 Å². The van der Waals surface area contributed by atoms with Crippen LogP contribution in [0.2, 0.25) is 0 Å². The van der Waals surface area contributed by atoms with Crippen molar-refractivity contribution in [3.63, 3.8) is 0 Å². The predicted octanol–water partition coefficient (Wildman–Crippen LogP) is 2.93. The Labute approximate surface area is 145 Å². The molecule has 0 atom stereocenters. The molecular formula is C18H18N6O. The Morgan fingerprint density at radius 2 is 1.72 bits per heavy atom. The van der Waals surface area contributed by atoms with E-state index in [4.69, 9.17) is 0 Å². The van der Waals surface area contributed by atoms with Crippen LogP contribution in [0.5, 0.6) is 0 Å². The summed E-state index contributed by atoms with van der Waals surface area (Å²) in [7, 11) is 3.86. The minimum absolute atomic E-state index is 0.246. The van der Waals surface area contributed by atoms with E-state index in [1.807, 2.05) is 61.5 Å². The fourth-order valence-corrected chi connectivity index (χ4v) is 2.11. The highest BCUT2D eigenvalue weighted by molar-refractivity contribution is 6.02. The van der Waals surface area contributed by atoms with E-state index in [0.29, 0.717) is 11.5 Å². The van der Waals surface area contributed by atoms with Crippen molar-refractivity contribution < 1.29 is 4.79 Å². The lowest BCUT2D eigenvalue weighted by Gasteiger charge is -2.11. The van der Waals surface area contributed by atoms with Gasteiger partial charge >= 0.3 is 0 Å². The fourth-order valence-electron chi connectivity index (χ4n) is 2.11. The molecule has 0 aliphatic rings. The first-order valence-electron chi connectivity index (χ1n) is 7.72. The quantitative estimate of drug-likeness (QED) is 0.746. The van der Waals surface area contributed by atoms with E-state index >= 15 is 0 Å². The van der Waals surface area contributed by atoms with Crippen LogP contribution in [0, 0.1) is 0 Å². The van der Waals surface area contributed by atoms with Crippen LogP contribution in [0.1, 0.15) is 10.5 Å². The minimum atomic E-state index is -0.303. The maximum absolute atomic E-state index is 12.1. The Morgan fingerprint density at radius 3 is 2.32 bits per heavy atom.